The summed E-state index contributed by atoms with van der Waals surface area (Å²) < 4.78 is 8.05. The zero-order valence-electron chi connectivity index (χ0n) is 19.6. The van der Waals surface area contributed by atoms with Crippen LogP contribution in [0.2, 0.25) is 0 Å². The Bertz CT molecular complexity index is 1180. The SMILES string of the molecule is CC(C)N1C[C@H](C)[C@@H](CN(C)C(=O)O)Oc2c(cccc2-c2cn(-c3ccncc3)nn2)C1=O. The van der Waals surface area contributed by atoms with Gasteiger partial charge in [0, 0.05) is 43.5 Å². The van der Waals surface area contributed by atoms with E-state index in [9.17, 15) is 14.7 Å². The van der Waals surface area contributed by atoms with Crippen LogP contribution in [0.4, 0.5) is 4.79 Å². The van der Waals surface area contributed by atoms with Crippen molar-refractivity contribution in [2.24, 2.45) is 5.92 Å². The normalized spacial score (nSPS) is 18.1. The third-order valence-electron chi connectivity index (χ3n) is 6.00. The molecule has 1 N–H and O–H groups in total. The van der Waals surface area contributed by atoms with Crippen LogP contribution < -0.4 is 4.74 Å². The van der Waals surface area contributed by atoms with Gasteiger partial charge in [-0.1, -0.05) is 18.2 Å². The van der Waals surface area contributed by atoms with Crippen molar-refractivity contribution < 1.29 is 19.4 Å². The third kappa shape index (κ3) is 4.57. The summed E-state index contributed by atoms with van der Waals surface area (Å²) in [5.41, 5.74) is 2.37. The Morgan fingerprint density at radius 1 is 1.24 bits per heavy atom. The molecule has 0 saturated heterocycles. The number of hydrogen-bond acceptors (Lipinski definition) is 6. The summed E-state index contributed by atoms with van der Waals surface area (Å²) in [5.74, 6) is 0.141. The number of aromatic nitrogens is 4. The van der Waals surface area contributed by atoms with Gasteiger partial charge in [-0.05, 0) is 38.1 Å². The summed E-state index contributed by atoms with van der Waals surface area (Å²) in [6, 6.07) is 8.95. The second-order valence-corrected chi connectivity index (χ2v) is 8.78. The van der Waals surface area contributed by atoms with E-state index in [0.29, 0.717) is 29.1 Å². The van der Waals surface area contributed by atoms with Gasteiger partial charge in [-0.15, -0.1) is 5.10 Å². The average Bonchev–Trinajstić information content (AvgIpc) is 3.31. The summed E-state index contributed by atoms with van der Waals surface area (Å²) in [5, 5.41) is 18.0. The van der Waals surface area contributed by atoms with Crippen LogP contribution in [-0.4, -0.2) is 79.2 Å². The maximum atomic E-state index is 13.5. The van der Waals surface area contributed by atoms with Crippen LogP contribution in [0.15, 0.2) is 48.9 Å². The summed E-state index contributed by atoms with van der Waals surface area (Å²) in [4.78, 5) is 32.1. The second kappa shape index (κ2) is 9.50. The first-order valence-electron chi connectivity index (χ1n) is 11.1. The Kier molecular flexibility index (Phi) is 6.49. The molecular weight excluding hydrogens is 436 g/mol. The largest absolute Gasteiger partial charge is 0.487 e. The van der Waals surface area contributed by atoms with Gasteiger partial charge in [0.2, 0.25) is 0 Å². The Morgan fingerprint density at radius 3 is 2.62 bits per heavy atom. The predicted molar refractivity (Wildman–Crippen MR) is 125 cm³/mol. The zero-order chi connectivity index (χ0) is 24.4. The van der Waals surface area contributed by atoms with Gasteiger partial charge in [0.05, 0.1) is 24.0 Å². The van der Waals surface area contributed by atoms with Gasteiger partial charge in [0.25, 0.3) is 5.91 Å². The van der Waals surface area contributed by atoms with Crippen LogP contribution in [0.3, 0.4) is 0 Å². The number of carboxylic acid groups (broad SMARTS) is 1. The quantitative estimate of drug-likeness (QED) is 0.617. The minimum Gasteiger partial charge on any atom is -0.487 e. The predicted octanol–water partition coefficient (Wildman–Crippen LogP) is 3.19. The third-order valence-corrected chi connectivity index (χ3v) is 6.00. The molecule has 0 bridgehead atoms. The highest BCUT2D eigenvalue weighted by molar-refractivity contribution is 5.99. The van der Waals surface area contributed by atoms with E-state index in [0.717, 1.165) is 5.69 Å². The fourth-order valence-corrected chi connectivity index (χ4v) is 3.99. The molecule has 2 atom stereocenters. The molecule has 4 rings (SSSR count). The first kappa shape index (κ1) is 23.2. The number of carbonyl (C=O) groups is 2. The van der Waals surface area contributed by atoms with E-state index in [2.05, 4.69) is 15.3 Å². The van der Waals surface area contributed by atoms with Gasteiger partial charge in [0.15, 0.2) is 0 Å². The number of ether oxygens (including phenoxy) is 1. The van der Waals surface area contributed by atoms with Crippen molar-refractivity contribution in [3.05, 3.63) is 54.5 Å². The Balaban J connectivity index is 1.80. The lowest BCUT2D eigenvalue weighted by molar-refractivity contribution is 0.0437. The van der Waals surface area contributed by atoms with E-state index in [1.807, 2.05) is 39.0 Å². The molecule has 0 unspecified atom stereocenters. The number of para-hydroxylation sites is 1. The van der Waals surface area contributed by atoms with Crippen molar-refractivity contribution in [3.8, 4) is 22.7 Å². The van der Waals surface area contributed by atoms with Crippen LogP contribution in [0.25, 0.3) is 16.9 Å². The first-order chi connectivity index (χ1) is 16.3. The molecule has 3 aromatic rings. The van der Waals surface area contributed by atoms with Gasteiger partial charge < -0.3 is 19.6 Å². The topological polar surface area (TPSA) is 114 Å². The molecule has 0 saturated carbocycles. The molecule has 0 fully saturated rings. The van der Waals surface area contributed by atoms with E-state index in [1.54, 1.807) is 40.3 Å². The van der Waals surface area contributed by atoms with Crippen molar-refractivity contribution in [1.29, 1.82) is 0 Å². The van der Waals surface area contributed by atoms with Crippen LogP contribution >= 0.6 is 0 Å². The van der Waals surface area contributed by atoms with E-state index in [4.69, 9.17) is 4.74 Å². The summed E-state index contributed by atoms with van der Waals surface area (Å²) in [6.07, 6.45) is 3.60. The molecule has 0 aliphatic carbocycles. The number of hydrogen-bond donors (Lipinski definition) is 1. The van der Waals surface area contributed by atoms with Gasteiger partial charge in [0.1, 0.15) is 17.5 Å². The van der Waals surface area contributed by atoms with E-state index in [-0.39, 0.29) is 24.4 Å². The average molecular weight is 465 g/mol. The molecule has 34 heavy (non-hydrogen) atoms. The van der Waals surface area contributed by atoms with Crippen molar-refractivity contribution in [1.82, 2.24) is 29.8 Å². The van der Waals surface area contributed by atoms with Gasteiger partial charge in [-0.25, -0.2) is 9.48 Å². The Morgan fingerprint density at radius 2 is 1.94 bits per heavy atom. The highest BCUT2D eigenvalue weighted by Gasteiger charge is 2.34. The van der Waals surface area contributed by atoms with E-state index in [1.165, 1.54) is 11.9 Å². The van der Waals surface area contributed by atoms with Crippen LogP contribution in [0.5, 0.6) is 5.75 Å². The molecule has 10 heteroatoms. The van der Waals surface area contributed by atoms with Gasteiger partial charge >= 0.3 is 6.09 Å². The minimum absolute atomic E-state index is 0.0324. The molecule has 178 valence electrons. The van der Waals surface area contributed by atoms with Crippen LogP contribution in [0.1, 0.15) is 31.1 Å². The fourth-order valence-electron chi connectivity index (χ4n) is 3.99. The summed E-state index contributed by atoms with van der Waals surface area (Å²) >= 11 is 0. The number of nitrogens with zero attached hydrogens (tertiary/aromatic N) is 6. The molecular formula is C24H28N6O4. The lowest BCUT2D eigenvalue weighted by Crippen LogP contribution is -2.49. The molecule has 0 radical (unpaired) electrons. The van der Waals surface area contributed by atoms with Gasteiger partial charge in [-0.3, -0.25) is 9.78 Å². The maximum Gasteiger partial charge on any atom is 0.407 e. The highest BCUT2D eigenvalue weighted by atomic mass is 16.5. The zero-order valence-corrected chi connectivity index (χ0v) is 19.6. The Labute approximate surface area is 197 Å². The molecule has 1 aromatic carbocycles. The molecule has 3 heterocycles. The number of carbonyl (C=O) groups excluding carboxylic acids is 1. The number of pyridine rings is 1. The molecule has 2 aromatic heterocycles. The number of fused-ring (bicyclic) bond motifs is 1. The number of benzene rings is 1. The second-order valence-electron chi connectivity index (χ2n) is 8.78. The smallest absolute Gasteiger partial charge is 0.407 e. The van der Waals surface area contributed by atoms with Crippen molar-refractivity contribution in [2.45, 2.75) is 32.9 Å². The van der Waals surface area contributed by atoms with Gasteiger partial charge in [-0.2, -0.15) is 0 Å². The van der Waals surface area contributed by atoms with E-state index < -0.39 is 12.2 Å². The monoisotopic (exact) mass is 464 g/mol. The minimum atomic E-state index is -1.04. The molecule has 10 nitrogen and oxygen atoms in total. The van der Waals surface area contributed by atoms with Crippen molar-refractivity contribution >= 4 is 12.0 Å². The molecule has 1 aliphatic rings. The molecule has 1 aliphatic heterocycles. The maximum absolute atomic E-state index is 13.5. The van der Waals surface area contributed by atoms with Crippen LogP contribution in [0, 0.1) is 5.92 Å². The number of amides is 2. The lowest BCUT2D eigenvalue weighted by Gasteiger charge is -2.37. The van der Waals surface area contributed by atoms with E-state index >= 15 is 0 Å². The Hall–Kier alpha value is -3.95. The number of likely N-dealkylation sites (N-methyl/N-ethyl adjacent to an activating group) is 1. The number of rotatable bonds is 5. The summed E-state index contributed by atoms with van der Waals surface area (Å²) in [7, 11) is 1.51. The fraction of sp³-hybridized carbons (Fsp3) is 0.375. The molecule has 0 spiro atoms. The standard InChI is InChI=1S/C24H28N6O4/c1-15(2)29-12-16(3)21(14-28(4)24(32)33)34-22-18(6-5-7-19(22)23(29)31)20-13-30(27-26-20)17-8-10-25-11-9-17/h5-11,13,15-16,21H,12,14H2,1-4H3,(H,32,33)/t16-,21+/m0/s1. The lowest BCUT2D eigenvalue weighted by atomic mass is 9.97. The highest BCUT2D eigenvalue weighted by Crippen LogP contribution is 2.36. The van der Waals surface area contributed by atoms with Crippen molar-refractivity contribution in [2.75, 3.05) is 20.1 Å². The molecule has 2 amide bonds. The van der Waals surface area contributed by atoms with Crippen molar-refractivity contribution in [3.63, 3.8) is 0 Å². The summed E-state index contributed by atoms with van der Waals surface area (Å²) in [6.45, 7) is 6.52. The van der Waals surface area contributed by atoms with Crippen LogP contribution in [-0.2, 0) is 0 Å². The first-order valence-corrected chi connectivity index (χ1v) is 11.1.